The van der Waals surface area contributed by atoms with Crippen molar-refractivity contribution in [3.8, 4) is 0 Å². The van der Waals surface area contributed by atoms with Crippen LogP contribution in [0, 0.1) is 5.92 Å². The minimum absolute atomic E-state index is 0.0322. The molecule has 0 unspecified atom stereocenters. The van der Waals surface area contributed by atoms with Crippen LogP contribution in [0.25, 0.3) is 0 Å². The summed E-state index contributed by atoms with van der Waals surface area (Å²) in [5.41, 5.74) is 0.653. The van der Waals surface area contributed by atoms with E-state index in [4.69, 9.17) is 11.6 Å². The van der Waals surface area contributed by atoms with Crippen LogP contribution in [0.15, 0.2) is 24.3 Å². The van der Waals surface area contributed by atoms with Crippen LogP contribution in [0.2, 0.25) is 5.02 Å². The molecular formula is C21H31ClN3O2+. The number of nitrogens with one attached hydrogen (secondary N) is 2. The summed E-state index contributed by atoms with van der Waals surface area (Å²) in [5.74, 6) is 1.01. The van der Waals surface area contributed by atoms with E-state index in [1.54, 1.807) is 12.1 Å². The highest BCUT2D eigenvalue weighted by Gasteiger charge is 2.26. The third-order valence-corrected chi connectivity index (χ3v) is 6.20. The van der Waals surface area contributed by atoms with Gasteiger partial charge in [-0.3, -0.25) is 9.59 Å². The van der Waals surface area contributed by atoms with Gasteiger partial charge in [-0.05, 0) is 24.5 Å². The summed E-state index contributed by atoms with van der Waals surface area (Å²) >= 11 is 6.09. The zero-order valence-electron chi connectivity index (χ0n) is 16.0. The number of anilines is 1. The topological polar surface area (TPSA) is 53.9 Å². The fraction of sp³-hybridized carbons (Fsp3) is 0.619. The minimum atomic E-state index is -0.0322. The molecule has 1 aromatic carbocycles. The third-order valence-electron chi connectivity index (χ3n) is 5.87. The normalized spacial score (nSPS) is 19.1. The Labute approximate surface area is 167 Å². The fourth-order valence-corrected chi connectivity index (χ4v) is 4.38. The molecule has 148 valence electrons. The second-order valence-corrected chi connectivity index (χ2v) is 8.29. The van der Waals surface area contributed by atoms with E-state index in [1.807, 2.05) is 17.0 Å². The molecule has 0 bridgehead atoms. The van der Waals surface area contributed by atoms with Gasteiger partial charge in [0, 0.05) is 6.42 Å². The van der Waals surface area contributed by atoms with Gasteiger partial charge in [0.15, 0.2) is 6.54 Å². The van der Waals surface area contributed by atoms with E-state index in [0.29, 0.717) is 29.6 Å². The molecule has 5 nitrogen and oxygen atoms in total. The van der Waals surface area contributed by atoms with Crippen molar-refractivity contribution < 1.29 is 14.5 Å². The summed E-state index contributed by atoms with van der Waals surface area (Å²) < 4.78 is 0. The standard InChI is InChI=1S/C21H30ClN3O2/c22-18-8-4-5-9-19(18)23-20(26)16-24-12-14-25(15-13-24)21(27)11-10-17-6-2-1-3-7-17/h4-5,8-9,17H,1-3,6-7,10-16H2,(H,23,26)/p+1. The lowest BCUT2D eigenvalue weighted by atomic mass is 9.86. The van der Waals surface area contributed by atoms with Crippen molar-refractivity contribution in [3.05, 3.63) is 29.3 Å². The predicted octanol–water partition coefficient (Wildman–Crippen LogP) is 2.37. The number of quaternary nitrogens is 1. The average molecular weight is 393 g/mol. The van der Waals surface area contributed by atoms with E-state index >= 15 is 0 Å². The number of hydrogen-bond acceptors (Lipinski definition) is 2. The molecule has 27 heavy (non-hydrogen) atoms. The number of rotatable bonds is 6. The fourth-order valence-electron chi connectivity index (χ4n) is 4.19. The first-order valence-electron chi connectivity index (χ1n) is 10.3. The van der Waals surface area contributed by atoms with Crippen LogP contribution < -0.4 is 10.2 Å². The van der Waals surface area contributed by atoms with Crippen LogP contribution in [0.5, 0.6) is 0 Å². The second-order valence-electron chi connectivity index (χ2n) is 7.88. The summed E-state index contributed by atoms with van der Waals surface area (Å²) in [5, 5.41) is 3.43. The number of amides is 2. The van der Waals surface area contributed by atoms with Crippen molar-refractivity contribution in [2.24, 2.45) is 5.92 Å². The van der Waals surface area contributed by atoms with Gasteiger partial charge in [0.2, 0.25) is 5.91 Å². The molecule has 1 aliphatic heterocycles. The van der Waals surface area contributed by atoms with Crippen LogP contribution in [0.1, 0.15) is 44.9 Å². The van der Waals surface area contributed by atoms with Crippen LogP contribution in [0.4, 0.5) is 5.69 Å². The van der Waals surface area contributed by atoms with Crippen molar-refractivity contribution in [1.82, 2.24) is 4.90 Å². The number of nitrogens with zero attached hydrogens (tertiary/aromatic N) is 1. The summed E-state index contributed by atoms with van der Waals surface area (Å²) in [7, 11) is 0. The Hall–Kier alpha value is -1.59. The van der Waals surface area contributed by atoms with E-state index in [0.717, 1.165) is 38.5 Å². The van der Waals surface area contributed by atoms with Gasteiger partial charge >= 0.3 is 0 Å². The Morgan fingerprint density at radius 3 is 2.52 bits per heavy atom. The van der Waals surface area contributed by atoms with Crippen molar-refractivity contribution in [1.29, 1.82) is 0 Å². The Balaban J connectivity index is 1.36. The number of benzene rings is 1. The molecule has 2 amide bonds. The lowest BCUT2D eigenvalue weighted by molar-refractivity contribution is -0.895. The number of carbonyl (C=O) groups is 2. The highest BCUT2D eigenvalue weighted by Crippen LogP contribution is 2.27. The third kappa shape index (κ3) is 6.22. The van der Waals surface area contributed by atoms with Crippen LogP contribution in [-0.4, -0.2) is 49.4 Å². The van der Waals surface area contributed by atoms with Crippen LogP contribution in [-0.2, 0) is 9.59 Å². The Kier molecular flexibility index (Phi) is 7.53. The first kappa shape index (κ1) is 20.2. The highest BCUT2D eigenvalue weighted by molar-refractivity contribution is 6.33. The average Bonchev–Trinajstić information content (AvgIpc) is 2.69. The van der Waals surface area contributed by atoms with Gasteiger partial charge in [0.1, 0.15) is 0 Å². The molecule has 1 aromatic rings. The number of para-hydroxylation sites is 1. The molecule has 1 saturated heterocycles. The molecule has 6 heteroatoms. The van der Waals surface area contributed by atoms with Gasteiger partial charge in [0.05, 0.1) is 36.9 Å². The molecule has 1 heterocycles. The Bertz CT molecular complexity index is 638. The number of hydrogen-bond donors (Lipinski definition) is 2. The van der Waals surface area contributed by atoms with Crippen molar-refractivity contribution >= 4 is 29.1 Å². The predicted molar refractivity (Wildman–Crippen MR) is 108 cm³/mol. The van der Waals surface area contributed by atoms with Gasteiger partial charge in [-0.15, -0.1) is 0 Å². The van der Waals surface area contributed by atoms with Gasteiger partial charge in [-0.1, -0.05) is 55.8 Å². The summed E-state index contributed by atoms with van der Waals surface area (Å²) in [6.07, 6.45) is 8.35. The molecule has 0 radical (unpaired) electrons. The highest BCUT2D eigenvalue weighted by atomic mass is 35.5. The van der Waals surface area contributed by atoms with E-state index < -0.39 is 0 Å². The van der Waals surface area contributed by atoms with Crippen molar-refractivity contribution in [2.45, 2.75) is 44.9 Å². The number of carbonyl (C=O) groups excluding carboxylic acids is 2. The van der Waals surface area contributed by atoms with Gasteiger partial charge < -0.3 is 15.1 Å². The molecule has 2 fully saturated rings. The smallest absolute Gasteiger partial charge is 0.279 e. The quantitative estimate of drug-likeness (QED) is 0.780. The van der Waals surface area contributed by atoms with Crippen LogP contribution in [0.3, 0.4) is 0 Å². The first-order valence-corrected chi connectivity index (χ1v) is 10.7. The summed E-state index contributed by atoms with van der Waals surface area (Å²) in [4.78, 5) is 27.9. The van der Waals surface area contributed by atoms with Gasteiger partial charge in [-0.25, -0.2) is 0 Å². The zero-order chi connectivity index (χ0) is 19.1. The van der Waals surface area contributed by atoms with Gasteiger partial charge in [-0.2, -0.15) is 0 Å². The monoisotopic (exact) mass is 392 g/mol. The van der Waals surface area contributed by atoms with Crippen molar-refractivity contribution in [2.75, 3.05) is 38.0 Å². The second kappa shape index (κ2) is 10.1. The summed E-state index contributed by atoms with van der Waals surface area (Å²) in [6.45, 7) is 3.56. The molecule has 2 aliphatic rings. The summed E-state index contributed by atoms with van der Waals surface area (Å²) in [6, 6.07) is 7.26. The minimum Gasteiger partial charge on any atom is -0.331 e. The molecule has 0 atom stereocenters. The largest absolute Gasteiger partial charge is 0.331 e. The van der Waals surface area contributed by atoms with Gasteiger partial charge in [0.25, 0.3) is 5.91 Å². The molecule has 0 spiro atoms. The first-order chi connectivity index (χ1) is 13.1. The Morgan fingerprint density at radius 1 is 1.11 bits per heavy atom. The van der Waals surface area contributed by atoms with E-state index in [2.05, 4.69) is 5.32 Å². The number of piperazine rings is 1. The van der Waals surface area contributed by atoms with E-state index in [1.165, 1.54) is 37.0 Å². The van der Waals surface area contributed by atoms with Crippen LogP contribution >= 0.6 is 11.6 Å². The molecular weight excluding hydrogens is 362 g/mol. The molecule has 1 aliphatic carbocycles. The van der Waals surface area contributed by atoms with E-state index in [9.17, 15) is 9.59 Å². The lowest BCUT2D eigenvalue weighted by Gasteiger charge is -2.32. The Morgan fingerprint density at radius 2 is 1.81 bits per heavy atom. The SMILES string of the molecule is O=C(C[NH+]1CCN(C(=O)CCC2CCCCC2)CC1)Nc1ccccc1Cl. The molecule has 1 saturated carbocycles. The number of halogens is 1. The molecule has 2 N–H and O–H groups in total. The lowest BCUT2D eigenvalue weighted by Crippen LogP contribution is -3.15. The van der Waals surface area contributed by atoms with Crippen molar-refractivity contribution in [3.63, 3.8) is 0 Å². The molecule has 3 rings (SSSR count). The molecule has 0 aromatic heterocycles. The maximum atomic E-state index is 12.5. The maximum Gasteiger partial charge on any atom is 0.279 e. The zero-order valence-corrected chi connectivity index (χ0v) is 16.8. The maximum absolute atomic E-state index is 12.5. The van der Waals surface area contributed by atoms with E-state index in [-0.39, 0.29) is 5.91 Å².